The molecule has 0 saturated heterocycles. The number of benzene rings is 1. The Kier molecular flexibility index (Phi) is 3.82. The van der Waals surface area contributed by atoms with Crippen LogP contribution in [0.2, 0.25) is 0 Å². The van der Waals surface area contributed by atoms with Crippen molar-refractivity contribution in [3.8, 4) is 11.6 Å². The number of pyridine rings is 1. The van der Waals surface area contributed by atoms with Crippen LogP contribution in [0.3, 0.4) is 0 Å². The predicted octanol–water partition coefficient (Wildman–Crippen LogP) is 4.37. The number of halogens is 2. The number of hydrogen-bond donors (Lipinski definition) is 0. The first-order chi connectivity index (χ1) is 8.58. The fourth-order valence-electron chi connectivity index (χ4n) is 1.68. The van der Waals surface area contributed by atoms with Gasteiger partial charge in [-0.3, -0.25) is 0 Å². The quantitative estimate of drug-likeness (QED) is 0.769. The molecule has 0 N–H and O–H groups in total. The minimum Gasteiger partial charge on any atom is -0.439 e. The summed E-state index contributed by atoms with van der Waals surface area (Å²) in [6, 6.07) is 8.06. The summed E-state index contributed by atoms with van der Waals surface area (Å²) in [6.45, 7) is 3.66. The van der Waals surface area contributed by atoms with E-state index in [1.165, 1.54) is 12.1 Å². The Bertz CT molecular complexity index is 572. The molecular weight excluding hydrogens is 253 g/mol. The van der Waals surface area contributed by atoms with Crippen LogP contribution in [-0.4, -0.2) is 4.98 Å². The SMILES string of the molecule is Cc1cc(CCl)cc(Oc2ccc(F)cc2C)n1. The number of aryl methyl sites for hydroxylation is 2. The molecule has 0 aliphatic carbocycles. The zero-order valence-corrected chi connectivity index (χ0v) is 11.0. The van der Waals surface area contributed by atoms with Gasteiger partial charge in [0, 0.05) is 17.6 Å². The molecule has 0 spiro atoms. The molecule has 1 aromatic carbocycles. The molecule has 0 amide bonds. The van der Waals surface area contributed by atoms with E-state index in [2.05, 4.69) is 4.98 Å². The molecule has 0 fully saturated rings. The molecule has 0 aliphatic rings. The van der Waals surface area contributed by atoms with E-state index in [-0.39, 0.29) is 5.82 Å². The summed E-state index contributed by atoms with van der Waals surface area (Å²) in [4.78, 5) is 4.27. The van der Waals surface area contributed by atoms with E-state index in [0.29, 0.717) is 17.5 Å². The van der Waals surface area contributed by atoms with Gasteiger partial charge in [-0.2, -0.15) is 0 Å². The second-order valence-electron chi connectivity index (χ2n) is 4.10. The lowest BCUT2D eigenvalue weighted by atomic mass is 10.2. The highest BCUT2D eigenvalue weighted by molar-refractivity contribution is 6.17. The largest absolute Gasteiger partial charge is 0.439 e. The molecule has 2 nitrogen and oxygen atoms in total. The first-order valence-corrected chi connectivity index (χ1v) is 6.09. The number of ether oxygens (including phenoxy) is 1. The average molecular weight is 266 g/mol. The molecule has 4 heteroatoms. The maximum Gasteiger partial charge on any atom is 0.219 e. The molecule has 0 atom stereocenters. The molecule has 0 unspecified atom stereocenters. The lowest BCUT2D eigenvalue weighted by molar-refractivity contribution is 0.456. The Morgan fingerprint density at radius 2 is 2.00 bits per heavy atom. The smallest absolute Gasteiger partial charge is 0.219 e. The van der Waals surface area contributed by atoms with Crippen molar-refractivity contribution in [3.63, 3.8) is 0 Å². The molecule has 94 valence electrons. The van der Waals surface area contributed by atoms with Gasteiger partial charge in [-0.25, -0.2) is 9.37 Å². The van der Waals surface area contributed by atoms with Crippen molar-refractivity contribution in [1.82, 2.24) is 4.98 Å². The first-order valence-electron chi connectivity index (χ1n) is 5.56. The maximum absolute atomic E-state index is 13.0. The third-order valence-corrected chi connectivity index (χ3v) is 2.80. The normalized spacial score (nSPS) is 10.4. The van der Waals surface area contributed by atoms with Gasteiger partial charge in [-0.05, 0) is 49.2 Å². The van der Waals surface area contributed by atoms with Crippen LogP contribution >= 0.6 is 11.6 Å². The molecule has 0 saturated carbocycles. The van der Waals surface area contributed by atoms with E-state index in [0.717, 1.165) is 16.8 Å². The summed E-state index contributed by atoms with van der Waals surface area (Å²) >= 11 is 5.79. The average Bonchev–Trinajstić information content (AvgIpc) is 2.32. The zero-order chi connectivity index (χ0) is 13.1. The van der Waals surface area contributed by atoms with Crippen molar-refractivity contribution in [2.45, 2.75) is 19.7 Å². The van der Waals surface area contributed by atoms with E-state index >= 15 is 0 Å². The van der Waals surface area contributed by atoms with Crippen molar-refractivity contribution < 1.29 is 9.13 Å². The van der Waals surface area contributed by atoms with Crippen molar-refractivity contribution >= 4 is 11.6 Å². The van der Waals surface area contributed by atoms with Gasteiger partial charge < -0.3 is 4.74 Å². The fraction of sp³-hybridized carbons (Fsp3) is 0.214. The van der Waals surface area contributed by atoms with E-state index in [1.54, 1.807) is 19.1 Å². The van der Waals surface area contributed by atoms with Crippen LogP contribution in [0.15, 0.2) is 30.3 Å². The zero-order valence-electron chi connectivity index (χ0n) is 10.2. The third-order valence-electron chi connectivity index (χ3n) is 2.50. The standard InChI is InChI=1S/C14H13ClFNO/c1-9-5-12(16)3-4-13(9)18-14-7-11(8-15)6-10(2)17-14/h3-7H,8H2,1-2H3. The Hall–Kier alpha value is -1.61. The molecule has 2 rings (SSSR count). The summed E-state index contributed by atoms with van der Waals surface area (Å²) in [7, 11) is 0. The number of hydrogen-bond acceptors (Lipinski definition) is 2. The fourth-order valence-corrected chi connectivity index (χ4v) is 1.83. The van der Waals surface area contributed by atoms with Crippen LogP contribution in [0.25, 0.3) is 0 Å². The summed E-state index contributed by atoms with van der Waals surface area (Å²) in [5.74, 6) is 1.19. The van der Waals surface area contributed by atoms with Gasteiger partial charge in [0.2, 0.25) is 5.88 Å². The summed E-state index contributed by atoms with van der Waals surface area (Å²) in [5, 5.41) is 0. The Morgan fingerprint density at radius 3 is 2.67 bits per heavy atom. The maximum atomic E-state index is 13.0. The number of aromatic nitrogens is 1. The number of nitrogens with zero attached hydrogens (tertiary/aromatic N) is 1. The van der Waals surface area contributed by atoms with Gasteiger partial charge in [0.25, 0.3) is 0 Å². The van der Waals surface area contributed by atoms with Crippen LogP contribution in [-0.2, 0) is 5.88 Å². The second kappa shape index (κ2) is 5.36. The van der Waals surface area contributed by atoms with E-state index in [1.807, 2.05) is 13.0 Å². The number of alkyl halides is 1. The molecule has 0 aliphatic heterocycles. The van der Waals surface area contributed by atoms with Gasteiger partial charge in [-0.1, -0.05) is 0 Å². The van der Waals surface area contributed by atoms with Crippen molar-refractivity contribution in [3.05, 3.63) is 53.0 Å². The molecule has 0 radical (unpaired) electrons. The van der Waals surface area contributed by atoms with E-state index in [9.17, 15) is 4.39 Å². The van der Waals surface area contributed by atoms with E-state index < -0.39 is 0 Å². The Balaban J connectivity index is 2.30. The number of rotatable bonds is 3. The minimum absolute atomic E-state index is 0.279. The molecule has 1 aromatic heterocycles. The van der Waals surface area contributed by atoms with Crippen LogP contribution in [0.5, 0.6) is 11.6 Å². The lowest BCUT2D eigenvalue weighted by Gasteiger charge is -2.09. The highest BCUT2D eigenvalue weighted by Gasteiger charge is 2.05. The van der Waals surface area contributed by atoms with Crippen molar-refractivity contribution in [2.24, 2.45) is 0 Å². The van der Waals surface area contributed by atoms with Crippen LogP contribution < -0.4 is 4.74 Å². The van der Waals surface area contributed by atoms with Crippen molar-refractivity contribution in [2.75, 3.05) is 0 Å². The minimum atomic E-state index is -0.279. The summed E-state index contributed by atoms with van der Waals surface area (Å²) in [5.41, 5.74) is 2.51. The molecule has 1 heterocycles. The van der Waals surface area contributed by atoms with Crippen LogP contribution in [0, 0.1) is 19.7 Å². The molecule has 2 aromatic rings. The highest BCUT2D eigenvalue weighted by atomic mass is 35.5. The monoisotopic (exact) mass is 265 g/mol. The lowest BCUT2D eigenvalue weighted by Crippen LogP contribution is -1.94. The van der Waals surface area contributed by atoms with E-state index in [4.69, 9.17) is 16.3 Å². The summed E-state index contributed by atoms with van der Waals surface area (Å²) < 4.78 is 18.6. The van der Waals surface area contributed by atoms with Gasteiger partial charge in [0.05, 0.1) is 0 Å². The van der Waals surface area contributed by atoms with Gasteiger partial charge >= 0.3 is 0 Å². The Labute approximate surface area is 110 Å². The topological polar surface area (TPSA) is 22.1 Å². The van der Waals surface area contributed by atoms with Gasteiger partial charge in [-0.15, -0.1) is 11.6 Å². The molecule has 18 heavy (non-hydrogen) atoms. The molecular formula is C14H13ClFNO. The predicted molar refractivity (Wildman–Crippen MR) is 69.7 cm³/mol. The van der Waals surface area contributed by atoms with Gasteiger partial charge in [0.1, 0.15) is 11.6 Å². The van der Waals surface area contributed by atoms with Crippen LogP contribution in [0.1, 0.15) is 16.8 Å². The van der Waals surface area contributed by atoms with Gasteiger partial charge in [0.15, 0.2) is 0 Å². The second-order valence-corrected chi connectivity index (χ2v) is 4.37. The van der Waals surface area contributed by atoms with Crippen molar-refractivity contribution in [1.29, 1.82) is 0 Å². The highest BCUT2D eigenvalue weighted by Crippen LogP contribution is 2.25. The summed E-state index contributed by atoms with van der Waals surface area (Å²) in [6.07, 6.45) is 0. The third kappa shape index (κ3) is 2.99. The first kappa shape index (κ1) is 12.8. The Morgan fingerprint density at radius 1 is 1.22 bits per heavy atom. The van der Waals surface area contributed by atoms with Crippen LogP contribution in [0.4, 0.5) is 4.39 Å². The molecule has 0 bridgehead atoms.